The fourth-order valence-electron chi connectivity index (χ4n) is 1.69. The maximum absolute atomic E-state index is 9.35. The summed E-state index contributed by atoms with van der Waals surface area (Å²) in [6.07, 6.45) is 1.10. The van der Waals surface area contributed by atoms with Crippen molar-refractivity contribution in [2.45, 2.75) is 18.9 Å². The summed E-state index contributed by atoms with van der Waals surface area (Å²) in [6, 6.07) is 1.97. The maximum atomic E-state index is 9.35. The number of nitriles is 1. The molecule has 15 heavy (non-hydrogen) atoms. The number of anilines is 2. The zero-order valence-corrected chi connectivity index (χ0v) is 8.18. The Morgan fingerprint density at radius 3 is 2.80 bits per heavy atom. The molecule has 0 radical (unpaired) electrons. The molecule has 0 amide bonds. The Bertz CT molecular complexity index is 387. The van der Waals surface area contributed by atoms with E-state index in [1.54, 1.807) is 0 Å². The smallest absolute Gasteiger partial charge is 0.242 e. The highest BCUT2D eigenvalue weighted by Gasteiger charge is 2.23. The number of hydrogen-bond acceptors (Lipinski definition) is 6. The highest BCUT2D eigenvalue weighted by atomic mass is 16.5. The van der Waals surface area contributed by atoms with E-state index < -0.39 is 0 Å². The zero-order chi connectivity index (χ0) is 10.8. The number of aliphatic hydroxyl groups excluding tert-OH is 1. The molecule has 2 heterocycles. The first-order valence-electron chi connectivity index (χ1n) is 4.80. The van der Waals surface area contributed by atoms with Gasteiger partial charge in [-0.15, -0.1) is 0 Å². The molecule has 1 fully saturated rings. The molecule has 0 unspecified atom stereocenters. The molecule has 1 aromatic rings. The molecular weight excluding hydrogens is 196 g/mol. The molecule has 6 nitrogen and oxygen atoms in total. The summed E-state index contributed by atoms with van der Waals surface area (Å²) in [5, 5.41) is 22.0. The molecule has 1 aliphatic heterocycles. The number of nitrogens with zero attached hydrogens (tertiary/aromatic N) is 3. The molecule has 0 saturated carbocycles. The molecule has 3 N–H and O–H groups in total. The predicted molar refractivity (Wildman–Crippen MR) is 53.1 cm³/mol. The molecular formula is C9H12N4O2. The molecule has 2 rings (SSSR count). The van der Waals surface area contributed by atoms with Gasteiger partial charge in [0.2, 0.25) is 5.88 Å². The molecule has 6 heteroatoms. The van der Waals surface area contributed by atoms with Crippen LogP contribution in [0.4, 0.5) is 11.7 Å². The van der Waals surface area contributed by atoms with Crippen LogP contribution >= 0.6 is 0 Å². The standard InChI is InChI=1S/C9H12N4O2/c10-5-7-8(11)15-12-9(7)13-3-1-6(14)2-4-13/h6,14H,1-4,11H2. The van der Waals surface area contributed by atoms with Gasteiger partial charge in [0.05, 0.1) is 6.10 Å². The van der Waals surface area contributed by atoms with E-state index in [0.29, 0.717) is 31.7 Å². The van der Waals surface area contributed by atoms with Crippen molar-refractivity contribution in [1.29, 1.82) is 5.26 Å². The van der Waals surface area contributed by atoms with E-state index in [1.165, 1.54) is 0 Å². The van der Waals surface area contributed by atoms with Gasteiger partial charge in [0, 0.05) is 13.1 Å². The van der Waals surface area contributed by atoms with Crippen LogP contribution in [-0.2, 0) is 0 Å². The first-order chi connectivity index (χ1) is 7.22. The summed E-state index contributed by atoms with van der Waals surface area (Å²) in [4.78, 5) is 1.91. The van der Waals surface area contributed by atoms with Crippen molar-refractivity contribution >= 4 is 11.7 Å². The van der Waals surface area contributed by atoms with Gasteiger partial charge in [-0.1, -0.05) is 5.16 Å². The van der Waals surface area contributed by atoms with Gasteiger partial charge in [0.25, 0.3) is 0 Å². The lowest BCUT2D eigenvalue weighted by molar-refractivity contribution is 0.145. The van der Waals surface area contributed by atoms with E-state index in [0.717, 1.165) is 0 Å². The third-order valence-corrected chi connectivity index (χ3v) is 2.58. The first-order valence-corrected chi connectivity index (χ1v) is 4.80. The summed E-state index contributed by atoms with van der Waals surface area (Å²) in [7, 11) is 0. The molecule has 0 aliphatic carbocycles. The normalized spacial score (nSPS) is 17.7. The summed E-state index contributed by atoms with van der Waals surface area (Å²) < 4.78 is 4.77. The van der Waals surface area contributed by atoms with Gasteiger partial charge in [-0.25, -0.2) is 0 Å². The van der Waals surface area contributed by atoms with E-state index in [2.05, 4.69) is 5.16 Å². The summed E-state index contributed by atoms with van der Waals surface area (Å²) >= 11 is 0. The fourth-order valence-corrected chi connectivity index (χ4v) is 1.69. The molecule has 0 atom stereocenters. The van der Waals surface area contributed by atoms with Gasteiger partial charge < -0.3 is 20.3 Å². The molecule has 0 bridgehead atoms. The second-order valence-corrected chi connectivity index (χ2v) is 3.58. The lowest BCUT2D eigenvalue weighted by Gasteiger charge is -2.29. The van der Waals surface area contributed by atoms with E-state index in [4.69, 9.17) is 15.5 Å². The minimum absolute atomic E-state index is 0.0543. The highest BCUT2D eigenvalue weighted by Crippen LogP contribution is 2.26. The number of rotatable bonds is 1. The van der Waals surface area contributed by atoms with Crippen molar-refractivity contribution in [1.82, 2.24) is 5.16 Å². The third-order valence-electron chi connectivity index (χ3n) is 2.58. The Balaban J connectivity index is 2.20. The molecule has 1 aliphatic rings. The van der Waals surface area contributed by atoms with Gasteiger partial charge >= 0.3 is 0 Å². The van der Waals surface area contributed by atoms with Crippen molar-refractivity contribution in [3.63, 3.8) is 0 Å². The summed E-state index contributed by atoms with van der Waals surface area (Å²) in [6.45, 7) is 1.34. The van der Waals surface area contributed by atoms with Crippen LogP contribution in [0.2, 0.25) is 0 Å². The highest BCUT2D eigenvalue weighted by molar-refractivity contribution is 5.62. The van der Waals surface area contributed by atoms with Crippen LogP contribution in [-0.4, -0.2) is 29.5 Å². The number of aliphatic hydroxyl groups is 1. The summed E-state index contributed by atoms with van der Waals surface area (Å²) in [5.41, 5.74) is 5.74. The Morgan fingerprint density at radius 2 is 2.20 bits per heavy atom. The lowest BCUT2D eigenvalue weighted by Crippen LogP contribution is -2.36. The number of aromatic nitrogens is 1. The van der Waals surface area contributed by atoms with Gasteiger partial charge in [0.1, 0.15) is 6.07 Å². The van der Waals surface area contributed by atoms with Crippen LogP contribution in [0.25, 0.3) is 0 Å². The Hall–Kier alpha value is -1.74. The average molecular weight is 208 g/mol. The predicted octanol–water partition coefficient (Wildman–Crippen LogP) is 0.0896. The first kappa shape index (κ1) is 9.80. The zero-order valence-electron chi connectivity index (χ0n) is 8.18. The van der Waals surface area contributed by atoms with E-state index in [1.807, 2.05) is 11.0 Å². The lowest BCUT2D eigenvalue weighted by atomic mass is 10.1. The number of piperidine rings is 1. The van der Waals surface area contributed by atoms with Crippen LogP contribution in [0.5, 0.6) is 0 Å². The molecule has 0 spiro atoms. The number of nitrogen functional groups attached to an aromatic ring is 1. The maximum Gasteiger partial charge on any atom is 0.242 e. The van der Waals surface area contributed by atoms with Crippen LogP contribution < -0.4 is 10.6 Å². The van der Waals surface area contributed by atoms with Crippen molar-refractivity contribution in [3.05, 3.63) is 5.56 Å². The minimum Gasteiger partial charge on any atom is -0.393 e. The van der Waals surface area contributed by atoms with E-state index in [-0.39, 0.29) is 17.6 Å². The Kier molecular flexibility index (Phi) is 2.47. The van der Waals surface area contributed by atoms with Gasteiger partial charge in [-0.3, -0.25) is 0 Å². The quantitative estimate of drug-likeness (QED) is 0.678. The summed E-state index contributed by atoms with van der Waals surface area (Å²) in [5.74, 6) is 0.542. The molecule has 0 aromatic carbocycles. The van der Waals surface area contributed by atoms with Crippen LogP contribution in [0, 0.1) is 11.3 Å². The topological polar surface area (TPSA) is 99.3 Å². The second kappa shape index (κ2) is 3.79. The monoisotopic (exact) mass is 208 g/mol. The second-order valence-electron chi connectivity index (χ2n) is 3.58. The van der Waals surface area contributed by atoms with Gasteiger partial charge in [-0.2, -0.15) is 5.26 Å². The third kappa shape index (κ3) is 1.74. The van der Waals surface area contributed by atoms with Crippen LogP contribution in [0.1, 0.15) is 18.4 Å². The fraction of sp³-hybridized carbons (Fsp3) is 0.556. The van der Waals surface area contributed by atoms with Crippen molar-refractivity contribution in [2.75, 3.05) is 23.7 Å². The van der Waals surface area contributed by atoms with E-state index >= 15 is 0 Å². The minimum atomic E-state index is -0.254. The van der Waals surface area contributed by atoms with Gasteiger partial charge in [0.15, 0.2) is 11.4 Å². The average Bonchev–Trinajstić information content (AvgIpc) is 2.61. The van der Waals surface area contributed by atoms with Crippen molar-refractivity contribution in [3.8, 4) is 6.07 Å². The molecule has 1 aromatic heterocycles. The SMILES string of the molecule is N#Cc1c(N2CCC(O)CC2)noc1N. The molecule has 1 saturated heterocycles. The van der Waals surface area contributed by atoms with Crippen molar-refractivity contribution < 1.29 is 9.63 Å². The Morgan fingerprint density at radius 1 is 1.53 bits per heavy atom. The Labute approximate surface area is 86.9 Å². The number of hydrogen-bond donors (Lipinski definition) is 2. The number of nitrogens with two attached hydrogens (primary N) is 1. The largest absolute Gasteiger partial charge is 0.393 e. The van der Waals surface area contributed by atoms with Crippen LogP contribution in [0.3, 0.4) is 0 Å². The van der Waals surface area contributed by atoms with Crippen molar-refractivity contribution in [2.24, 2.45) is 0 Å². The van der Waals surface area contributed by atoms with Crippen LogP contribution in [0.15, 0.2) is 4.52 Å². The van der Waals surface area contributed by atoms with E-state index in [9.17, 15) is 5.11 Å². The van der Waals surface area contributed by atoms with Gasteiger partial charge in [-0.05, 0) is 12.8 Å². The molecule has 80 valence electrons.